The number of amides is 2. The van der Waals surface area contributed by atoms with Crippen molar-refractivity contribution >= 4 is 6.03 Å². The topological polar surface area (TPSA) is 63.3 Å². The van der Waals surface area contributed by atoms with Crippen LogP contribution < -0.4 is 5.32 Å². The number of urea groups is 1. The molecule has 0 radical (unpaired) electrons. The number of hydrogen-bond acceptors (Lipinski definition) is 3. The molecule has 25 heavy (non-hydrogen) atoms. The third kappa shape index (κ3) is 4.65. The molecule has 1 N–H and O–H groups in total. The van der Waals surface area contributed by atoms with Crippen molar-refractivity contribution in [3.63, 3.8) is 0 Å². The maximum Gasteiger partial charge on any atom is 0.317 e. The fourth-order valence-corrected chi connectivity index (χ4v) is 3.34. The minimum Gasteiger partial charge on any atom is -0.466 e. The second-order valence-corrected chi connectivity index (χ2v) is 7.14. The zero-order chi connectivity index (χ0) is 17.8. The van der Waals surface area contributed by atoms with Crippen LogP contribution in [0.3, 0.4) is 0 Å². The lowest BCUT2D eigenvalue weighted by molar-refractivity contribution is 0.160. The van der Waals surface area contributed by atoms with Gasteiger partial charge in [0.2, 0.25) is 0 Å². The molecule has 136 valence electrons. The molecule has 6 heteroatoms. The van der Waals surface area contributed by atoms with Gasteiger partial charge < -0.3 is 14.6 Å². The van der Waals surface area contributed by atoms with Gasteiger partial charge in [-0.1, -0.05) is 0 Å². The molecule has 1 saturated heterocycles. The highest BCUT2D eigenvalue weighted by atomic mass is 16.3. The highest BCUT2D eigenvalue weighted by Gasteiger charge is 2.25. The van der Waals surface area contributed by atoms with Crippen LogP contribution in [0.5, 0.6) is 0 Å². The van der Waals surface area contributed by atoms with E-state index in [1.54, 1.807) is 0 Å². The molecule has 2 atom stereocenters. The molecule has 0 spiro atoms. The second-order valence-electron chi connectivity index (χ2n) is 7.14. The van der Waals surface area contributed by atoms with Crippen LogP contribution in [-0.4, -0.2) is 39.8 Å². The third-order valence-corrected chi connectivity index (χ3v) is 4.78. The van der Waals surface area contributed by atoms with Crippen molar-refractivity contribution in [3.8, 4) is 0 Å². The van der Waals surface area contributed by atoms with E-state index < -0.39 is 0 Å². The number of nitrogens with zero attached hydrogens (tertiary/aromatic N) is 3. The molecule has 6 nitrogen and oxygen atoms in total. The molecule has 1 aliphatic heterocycles. The zero-order valence-electron chi connectivity index (χ0n) is 15.4. The van der Waals surface area contributed by atoms with Gasteiger partial charge >= 0.3 is 6.03 Å². The molecule has 2 aromatic rings. The largest absolute Gasteiger partial charge is 0.466 e. The molecule has 0 aliphatic carbocycles. The van der Waals surface area contributed by atoms with E-state index >= 15 is 0 Å². The van der Waals surface area contributed by atoms with Crippen molar-refractivity contribution in [1.82, 2.24) is 20.0 Å². The predicted molar refractivity (Wildman–Crippen MR) is 96.6 cm³/mol. The summed E-state index contributed by atoms with van der Waals surface area (Å²) in [5.74, 6) is 1.91. The first-order valence-corrected chi connectivity index (χ1v) is 9.13. The number of rotatable bonds is 5. The normalized spacial score (nSPS) is 19.0. The number of aromatic nitrogens is 2. The molecule has 2 aromatic heterocycles. The highest BCUT2D eigenvalue weighted by Crippen LogP contribution is 2.21. The Morgan fingerprint density at radius 1 is 1.44 bits per heavy atom. The minimum atomic E-state index is 0.0247. The van der Waals surface area contributed by atoms with Crippen LogP contribution in [0.15, 0.2) is 28.9 Å². The third-order valence-electron chi connectivity index (χ3n) is 4.78. The number of piperidine rings is 1. The molecular formula is C19H28N4O2. The smallest absolute Gasteiger partial charge is 0.317 e. The van der Waals surface area contributed by atoms with E-state index in [0.29, 0.717) is 0 Å². The Balaban J connectivity index is 1.48. The van der Waals surface area contributed by atoms with Gasteiger partial charge in [0.1, 0.15) is 11.5 Å². The molecule has 3 heterocycles. The number of likely N-dealkylation sites (tertiary alicyclic amines) is 1. The summed E-state index contributed by atoms with van der Waals surface area (Å²) in [6, 6.07) is 4.39. The molecular weight excluding hydrogens is 316 g/mol. The van der Waals surface area contributed by atoms with Crippen molar-refractivity contribution < 1.29 is 9.21 Å². The van der Waals surface area contributed by atoms with Gasteiger partial charge in [0, 0.05) is 31.7 Å². The van der Waals surface area contributed by atoms with E-state index in [4.69, 9.17) is 4.42 Å². The first-order chi connectivity index (χ1) is 12.0. The van der Waals surface area contributed by atoms with Gasteiger partial charge in [-0.05, 0) is 57.7 Å². The standard InChI is InChI=1S/C19H28N4O2/c1-14-11-20-23(12-14)17-5-4-10-22(13-17)19(24)21-15(2)6-8-18-9-7-16(3)25-18/h7,9,11-12,15,17H,4-6,8,10,13H2,1-3H3,(H,21,24). The summed E-state index contributed by atoms with van der Waals surface area (Å²) in [6.07, 6.45) is 7.71. The summed E-state index contributed by atoms with van der Waals surface area (Å²) in [7, 11) is 0. The molecule has 1 aliphatic rings. The van der Waals surface area contributed by atoms with E-state index in [-0.39, 0.29) is 18.1 Å². The summed E-state index contributed by atoms with van der Waals surface area (Å²) < 4.78 is 7.58. The Labute approximate surface area is 149 Å². The highest BCUT2D eigenvalue weighted by molar-refractivity contribution is 5.74. The van der Waals surface area contributed by atoms with Crippen LogP contribution in [0.1, 0.15) is 49.3 Å². The maximum atomic E-state index is 12.6. The van der Waals surface area contributed by atoms with Crippen molar-refractivity contribution in [2.24, 2.45) is 0 Å². The molecule has 3 rings (SSSR count). The van der Waals surface area contributed by atoms with E-state index in [0.717, 1.165) is 55.9 Å². The monoisotopic (exact) mass is 344 g/mol. The number of aryl methyl sites for hydroxylation is 3. The van der Waals surface area contributed by atoms with Gasteiger partial charge in [0.15, 0.2) is 0 Å². The van der Waals surface area contributed by atoms with E-state index in [9.17, 15) is 4.79 Å². The summed E-state index contributed by atoms with van der Waals surface area (Å²) in [5, 5.41) is 7.53. The average molecular weight is 344 g/mol. The first-order valence-electron chi connectivity index (χ1n) is 9.13. The lowest BCUT2D eigenvalue weighted by Gasteiger charge is -2.33. The summed E-state index contributed by atoms with van der Waals surface area (Å²) in [4.78, 5) is 14.5. The van der Waals surface area contributed by atoms with Gasteiger partial charge in [0.25, 0.3) is 0 Å². The lowest BCUT2D eigenvalue weighted by Crippen LogP contribution is -2.48. The Bertz CT molecular complexity index is 706. The van der Waals surface area contributed by atoms with E-state index in [2.05, 4.69) is 16.6 Å². The van der Waals surface area contributed by atoms with Crippen LogP contribution in [-0.2, 0) is 6.42 Å². The van der Waals surface area contributed by atoms with Crippen molar-refractivity contribution in [3.05, 3.63) is 41.6 Å². The van der Waals surface area contributed by atoms with Crippen LogP contribution in [0.4, 0.5) is 4.79 Å². The van der Waals surface area contributed by atoms with Crippen molar-refractivity contribution in [1.29, 1.82) is 0 Å². The van der Waals surface area contributed by atoms with Gasteiger partial charge in [-0.2, -0.15) is 5.10 Å². The number of carbonyl (C=O) groups is 1. The Kier molecular flexibility index (Phi) is 5.46. The van der Waals surface area contributed by atoms with Gasteiger partial charge in [-0.25, -0.2) is 4.79 Å². The van der Waals surface area contributed by atoms with Crippen molar-refractivity contribution in [2.45, 2.75) is 58.5 Å². The van der Waals surface area contributed by atoms with E-state index in [1.165, 1.54) is 0 Å². The van der Waals surface area contributed by atoms with Crippen molar-refractivity contribution in [2.75, 3.05) is 13.1 Å². The summed E-state index contributed by atoms with van der Waals surface area (Å²) >= 11 is 0. The molecule has 0 saturated carbocycles. The number of nitrogens with one attached hydrogen (secondary N) is 1. The molecule has 0 aromatic carbocycles. The quantitative estimate of drug-likeness (QED) is 0.903. The predicted octanol–water partition coefficient (Wildman–Crippen LogP) is 3.46. The van der Waals surface area contributed by atoms with Crippen LogP contribution >= 0.6 is 0 Å². The second kappa shape index (κ2) is 7.76. The number of hydrogen-bond donors (Lipinski definition) is 1. The van der Waals surface area contributed by atoms with Crippen LogP contribution in [0.25, 0.3) is 0 Å². The van der Waals surface area contributed by atoms with E-state index in [1.807, 2.05) is 48.7 Å². The molecule has 2 unspecified atom stereocenters. The Morgan fingerprint density at radius 3 is 2.96 bits per heavy atom. The summed E-state index contributed by atoms with van der Waals surface area (Å²) in [6.45, 7) is 7.57. The fourth-order valence-electron chi connectivity index (χ4n) is 3.34. The zero-order valence-corrected chi connectivity index (χ0v) is 15.4. The molecule has 1 fully saturated rings. The SMILES string of the molecule is Cc1cnn(C2CCCN(C(=O)NC(C)CCc3ccc(C)o3)C2)c1. The lowest BCUT2D eigenvalue weighted by atomic mass is 10.1. The molecule has 2 amide bonds. The summed E-state index contributed by atoms with van der Waals surface area (Å²) in [5.41, 5.74) is 1.16. The number of carbonyl (C=O) groups excluding carboxylic acids is 1. The fraction of sp³-hybridized carbons (Fsp3) is 0.579. The minimum absolute atomic E-state index is 0.0247. The maximum absolute atomic E-state index is 12.6. The number of furan rings is 1. The molecule has 0 bridgehead atoms. The van der Waals surface area contributed by atoms with Gasteiger partial charge in [-0.3, -0.25) is 4.68 Å². The van der Waals surface area contributed by atoms with Crippen LogP contribution in [0.2, 0.25) is 0 Å². The Morgan fingerprint density at radius 2 is 2.28 bits per heavy atom. The first kappa shape index (κ1) is 17.6. The van der Waals surface area contributed by atoms with Gasteiger partial charge in [-0.15, -0.1) is 0 Å². The van der Waals surface area contributed by atoms with Crippen LogP contribution in [0, 0.1) is 13.8 Å². The average Bonchev–Trinajstić information content (AvgIpc) is 3.21. The van der Waals surface area contributed by atoms with Gasteiger partial charge in [0.05, 0.1) is 12.2 Å². The Hall–Kier alpha value is -2.24.